The maximum absolute atomic E-state index is 12.1. The average Bonchev–Trinajstić information content (AvgIpc) is 2.75. The van der Waals surface area contributed by atoms with Gasteiger partial charge >= 0.3 is 12.0 Å². The van der Waals surface area contributed by atoms with Crippen molar-refractivity contribution in [2.45, 2.75) is 6.92 Å². The first kappa shape index (κ1) is 16.3. The van der Waals surface area contributed by atoms with E-state index >= 15 is 0 Å². The smallest absolute Gasteiger partial charge is 0.329 e. The molecule has 0 atom stereocenters. The lowest BCUT2D eigenvalue weighted by Crippen LogP contribution is -2.35. The number of hydrogen-bond donors (Lipinski definition) is 2. The molecule has 2 rings (SSSR count). The molecule has 1 aliphatic heterocycles. The van der Waals surface area contributed by atoms with Crippen LogP contribution >= 0.6 is 0 Å². The largest absolute Gasteiger partial charge is 0.496 e. The zero-order valence-electron chi connectivity index (χ0n) is 12.9. The number of amides is 3. The lowest BCUT2D eigenvalue weighted by molar-refractivity contribution is -0.140. The third kappa shape index (κ3) is 3.10. The van der Waals surface area contributed by atoms with Gasteiger partial charge in [0.05, 0.1) is 14.2 Å². The summed E-state index contributed by atoms with van der Waals surface area (Å²) in [4.78, 5) is 35.1. The van der Waals surface area contributed by atoms with E-state index in [1.165, 1.54) is 20.3 Å². The Morgan fingerprint density at radius 2 is 2.00 bits per heavy atom. The van der Waals surface area contributed by atoms with E-state index in [2.05, 4.69) is 5.32 Å². The van der Waals surface area contributed by atoms with Gasteiger partial charge in [0.25, 0.3) is 5.91 Å². The lowest BCUT2D eigenvalue weighted by Gasteiger charge is -2.12. The number of aliphatic carboxylic acids is 1. The molecule has 0 aromatic heterocycles. The van der Waals surface area contributed by atoms with Crippen LogP contribution in [0.5, 0.6) is 11.5 Å². The van der Waals surface area contributed by atoms with Crippen molar-refractivity contribution in [1.82, 2.24) is 10.2 Å². The zero-order chi connectivity index (χ0) is 17.1. The molecule has 0 unspecified atom stereocenters. The van der Waals surface area contributed by atoms with Gasteiger partial charge in [-0.2, -0.15) is 0 Å². The van der Waals surface area contributed by atoms with Crippen LogP contribution in [0.2, 0.25) is 0 Å². The summed E-state index contributed by atoms with van der Waals surface area (Å²) in [6.45, 7) is 1.10. The summed E-state index contributed by atoms with van der Waals surface area (Å²) in [7, 11) is 3.01. The van der Waals surface area contributed by atoms with Crippen LogP contribution in [0.15, 0.2) is 17.8 Å². The first-order valence-corrected chi connectivity index (χ1v) is 6.67. The second kappa shape index (κ2) is 6.39. The summed E-state index contributed by atoms with van der Waals surface area (Å²) >= 11 is 0. The van der Waals surface area contributed by atoms with E-state index in [1.807, 2.05) is 0 Å². The third-order valence-corrected chi connectivity index (χ3v) is 3.37. The topological polar surface area (TPSA) is 105 Å². The van der Waals surface area contributed by atoms with Crippen molar-refractivity contribution in [1.29, 1.82) is 0 Å². The van der Waals surface area contributed by atoms with Crippen molar-refractivity contribution in [3.8, 4) is 11.5 Å². The van der Waals surface area contributed by atoms with Gasteiger partial charge in [0.1, 0.15) is 23.7 Å². The monoisotopic (exact) mass is 320 g/mol. The Kier molecular flexibility index (Phi) is 4.54. The van der Waals surface area contributed by atoms with Crippen LogP contribution in [-0.4, -0.2) is 48.7 Å². The normalized spacial score (nSPS) is 15.8. The minimum Gasteiger partial charge on any atom is -0.496 e. The first-order chi connectivity index (χ1) is 10.9. The number of carboxylic acids is 1. The molecule has 1 aliphatic rings. The number of urea groups is 1. The molecule has 1 fully saturated rings. The summed E-state index contributed by atoms with van der Waals surface area (Å²) in [6, 6.07) is 2.62. The Balaban J connectivity index is 2.40. The zero-order valence-corrected chi connectivity index (χ0v) is 12.9. The van der Waals surface area contributed by atoms with Crippen molar-refractivity contribution in [3.63, 3.8) is 0 Å². The summed E-state index contributed by atoms with van der Waals surface area (Å²) < 4.78 is 10.5. The highest BCUT2D eigenvalue weighted by atomic mass is 16.5. The van der Waals surface area contributed by atoms with Crippen molar-refractivity contribution in [2.24, 2.45) is 0 Å². The molecule has 1 aromatic carbocycles. The number of carbonyl (C=O) groups excluding carboxylic acids is 2. The van der Waals surface area contributed by atoms with Crippen LogP contribution in [0.3, 0.4) is 0 Å². The predicted octanol–water partition coefficient (Wildman–Crippen LogP) is 0.990. The number of nitrogens with one attached hydrogen (secondary N) is 1. The van der Waals surface area contributed by atoms with Gasteiger partial charge in [-0.05, 0) is 25.1 Å². The maximum atomic E-state index is 12.1. The molecule has 8 heteroatoms. The van der Waals surface area contributed by atoms with E-state index in [-0.39, 0.29) is 5.70 Å². The van der Waals surface area contributed by atoms with E-state index in [0.717, 1.165) is 5.56 Å². The molecule has 1 aromatic rings. The number of nitrogens with zero attached hydrogens (tertiary/aromatic N) is 1. The minimum atomic E-state index is -1.27. The molecule has 23 heavy (non-hydrogen) atoms. The highest BCUT2D eigenvalue weighted by molar-refractivity contribution is 6.15. The maximum Gasteiger partial charge on any atom is 0.329 e. The van der Waals surface area contributed by atoms with Crippen molar-refractivity contribution < 1.29 is 29.0 Å². The quantitative estimate of drug-likeness (QED) is 0.619. The van der Waals surface area contributed by atoms with Crippen LogP contribution < -0.4 is 14.8 Å². The van der Waals surface area contributed by atoms with Crippen LogP contribution in [0.1, 0.15) is 11.1 Å². The second-order valence-corrected chi connectivity index (χ2v) is 4.79. The molecule has 0 aliphatic carbocycles. The Bertz CT molecular complexity index is 710. The van der Waals surface area contributed by atoms with Gasteiger partial charge in [0, 0.05) is 11.1 Å². The van der Waals surface area contributed by atoms with E-state index in [0.29, 0.717) is 22.0 Å². The molecule has 122 valence electrons. The SMILES string of the molecule is COc1ccc(C=C2NC(=O)N(CC(=O)O)C2=O)c(OC)c1C. The van der Waals surface area contributed by atoms with Crippen LogP contribution in [0.4, 0.5) is 4.79 Å². The van der Waals surface area contributed by atoms with Crippen molar-refractivity contribution in [2.75, 3.05) is 20.8 Å². The number of imide groups is 1. The minimum absolute atomic E-state index is 0.0147. The van der Waals surface area contributed by atoms with Gasteiger partial charge in [-0.15, -0.1) is 0 Å². The number of carbonyl (C=O) groups is 3. The fourth-order valence-corrected chi connectivity index (χ4v) is 2.31. The van der Waals surface area contributed by atoms with Gasteiger partial charge in [-0.1, -0.05) is 0 Å². The van der Waals surface area contributed by atoms with Gasteiger partial charge in [0.15, 0.2) is 0 Å². The number of ether oxygens (including phenoxy) is 2. The fourth-order valence-electron chi connectivity index (χ4n) is 2.31. The van der Waals surface area contributed by atoms with Crippen LogP contribution in [0.25, 0.3) is 6.08 Å². The number of methoxy groups -OCH3 is 2. The van der Waals surface area contributed by atoms with Gasteiger partial charge in [-0.3, -0.25) is 9.59 Å². The van der Waals surface area contributed by atoms with Crippen molar-refractivity contribution >= 4 is 24.0 Å². The Hall–Kier alpha value is -3.03. The fraction of sp³-hybridized carbons (Fsp3) is 0.267. The molecule has 3 amide bonds. The Labute approximate surface area is 132 Å². The standard InChI is InChI=1S/C15H16N2O6/c1-8-11(22-2)5-4-9(13(8)23-3)6-10-14(20)17(7-12(18)19)15(21)16-10/h4-6H,7H2,1-3H3,(H,16,21)(H,18,19). The third-order valence-electron chi connectivity index (χ3n) is 3.37. The number of rotatable bonds is 5. The molecule has 0 spiro atoms. The summed E-state index contributed by atoms with van der Waals surface area (Å²) in [5.74, 6) is -0.852. The van der Waals surface area contributed by atoms with E-state index in [4.69, 9.17) is 14.6 Å². The van der Waals surface area contributed by atoms with E-state index < -0.39 is 24.5 Å². The number of carboxylic acid groups (broad SMARTS) is 1. The summed E-state index contributed by atoms with van der Waals surface area (Å²) in [5, 5.41) is 11.1. The average molecular weight is 320 g/mol. The molecule has 0 radical (unpaired) electrons. The lowest BCUT2D eigenvalue weighted by atomic mass is 10.1. The molecule has 8 nitrogen and oxygen atoms in total. The van der Waals surface area contributed by atoms with Gasteiger partial charge < -0.3 is 19.9 Å². The Morgan fingerprint density at radius 1 is 1.30 bits per heavy atom. The van der Waals surface area contributed by atoms with E-state index in [1.54, 1.807) is 19.1 Å². The molecule has 1 saturated heterocycles. The molecule has 0 bridgehead atoms. The highest BCUT2D eigenvalue weighted by Crippen LogP contribution is 2.32. The summed E-state index contributed by atoms with van der Waals surface area (Å²) in [5.41, 5.74) is 1.29. The molecule has 1 heterocycles. The first-order valence-electron chi connectivity index (χ1n) is 6.67. The number of hydrogen-bond acceptors (Lipinski definition) is 5. The van der Waals surface area contributed by atoms with Gasteiger partial charge in [0.2, 0.25) is 0 Å². The van der Waals surface area contributed by atoms with Crippen LogP contribution in [0, 0.1) is 6.92 Å². The van der Waals surface area contributed by atoms with Gasteiger partial charge in [-0.25, -0.2) is 9.69 Å². The van der Waals surface area contributed by atoms with Crippen LogP contribution in [-0.2, 0) is 9.59 Å². The molecular formula is C15H16N2O6. The molecular weight excluding hydrogens is 304 g/mol. The van der Waals surface area contributed by atoms with E-state index in [9.17, 15) is 14.4 Å². The predicted molar refractivity (Wildman–Crippen MR) is 80.1 cm³/mol. The molecule has 2 N–H and O–H groups in total. The second-order valence-electron chi connectivity index (χ2n) is 4.79. The number of benzene rings is 1. The Morgan fingerprint density at radius 3 is 2.57 bits per heavy atom. The highest BCUT2D eigenvalue weighted by Gasteiger charge is 2.35. The van der Waals surface area contributed by atoms with Crippen molar-refractivity contribution in [3.05, 3.63) is 29.0 Å². The summed E-state index contributed by atoms with van der Waals surface area (Å²) in [6.07, 6.45) is 1.44. The molecule has 0 saturated carbocycles.